The molecule has 2 N–H and O–H groups in total. The fraction of sp³-hybridized carbons (Fsp3) is 0.447. The minimum atomic E-state index is -4.80. The van der Waals surface area contributed by atoms with E-state index in [4.69, 9.17) is 0 Å². The Kier molecular flexibility index (Phi) is 11.9. The molecule has 4 rings (SSSR count). The van der Waals surface area contributed by atoms with Crippen molar-refractivity contribution >= 4 is 11.9 Å². The number of carboxylic acid groups (broad SMARTS) is 1. The van der Waals surface area contributed by atoms with E-state index in [1.165, 1.54) is 31.2 Å². The fourth-order valence-corrected chi connectivity index (χ4v) is 6.81. The Bertz CT molecular complexity index is 1860. The first-order valence-electron chi connectivity index (χ1n) is 16.5. The summed E-state index contributed by atoms with van der Waals surface area (Å²) in [6.07, 6.45) is -3.58. The van der Waals surface area contributed by atoms with Crippen molar-refractivity contribution in [1.82, 2.24) is 14.8 Å². The molecule has 1 aromatic heterocycles. The van der Waals surface area contributed by atoms with Crippen LogP contribution < -0.4 is 10.9 Å². The smallest absolute Gasteiger partial charge is 0.416 e. The molecule has 0 saturated carbocycles. The SMILES string of the molecule is CC#Cc1cc(-c2c(C)cc(F)cc2C)cc([C@H](CC(=O)O)NC(=O)[C@@H](CC(C)C)n2cc(C3CCN(C)CC3)c(C(F)(F)F)cc2=O)c1F. The number of piperidine rings is 1. The first-order chi connectivity index (χ1) is 23.4. The van der Waals surface area contributed by atoms with Crippen molar-refractivity contribution in [2.24, 2.45) is 5.92 Å². The molecule has 3 aromatic rings. The number of hydrogen-bond donors (Lipinski definition) is 2. The number of nitrogens with one attached hydrogen (secondary N) is 1. The van der Waals surface area contributed by atoms with E-state index in [0.29, 0.717) is 54.3 Å². The van der Waals surface area contributed by atoms with E-state index in [-0.39, 0.29) is 29.0 Å². The van der Waals surface area contributed by atoms with Gasteiger partial charge in [0.25, 0.3) is 5.56 Å². The van der Waals surface area contributed by atoms with E-state index >= 15 is 4.39 Å². The number of nitrogens with zero attached hydrogens (tertiary/aromatic N) is 2. The first-order valence-corrected chi connectivity index (χ1v) is 16.5. The van der Waals surface area contributed by atoms with Crippen LogP contribution in [-0.4, -0.2) is 46.6 Å². The van der Waals surface area contributed by atoms with Crippen LogP contribution in [0.4, 0.5) is 22.0 Å². The number of pyridine rings is 1. The molecular formula is C38H42F5N3O4. The lowest BCUT2D eigenvalue weighted by molar-refractivity contribution is -0.139. The van der Waals surface area contributed by atoms with Crippen LogP contribution in [0, 0.1) is 43.2 Å². The van der Waals surface area contributed by atoms with E-state index in [2.05, 4.69) is 17.2 Å². The number of carbonyl (C=O) groups excluding carboxylic acids is 1. The van der Waals surface area contributed by atoms with Crippen molar-refractivity contribution in [2.75, 3.05) is 20.1 Å². The van der Waals surface area contributed by atoms with Gasteiger partial charge >= 0.3 is 12.1 Å². The number of hydrogen-bond acceptors (Lipinski definition) is 4. The van der Waals surface area contributed by atoms with Gasteiger partial charge in [-0.15, -0.1) is 5.92 Å². The van der Waals surface area contributed by atoms with Gasteiger partial charge in [-0.1, -0.05) is 19.8 Å². The second kappa shape index (κ2) is 15.6. The molecule has 1 aliphatic rings. The Morgan fingerprint density at radius 2 is 1.66 bits per heavy atom. The fourth-order valence-electron chi connectivity index (χ4n) is 6.81. The summed E-state index contributed by atoms with van der Waals surface area (Å²) >= 11 is 0. The van der Waals surface area contributed by atoms with Crippen LogP contribution in [-0.2, 0) is 15.8 Å². The third-order valence-electron chi connectivity index (χ3n) is 9.13. The molecule has 268 valence electrons. The van der Waals surface area contributed by atoms with Gasteiger partial charge in [0.1, 0.15) is 17.7 Å². The van der Waals surface area contributed by atoms with E-state index in [1.54, 1.807) is 27.7 Å². The molecule has 7 nitrogen and oxygen atoms in total. The molecule has 0 radical (unpaired) electrons. The third-order valence-corrected chi connectivity index (χ3v) is 9.13. The van der Waals surface area contributed by atoms with Crippen LogP contribution >= 0.6 is 0 Å². The van der Waals surface area contributed by atoms with Crippen LogP contribution in [0.2, 0.25) is 0 Å². The van der Waals surface area contributed by atoms with Gasteiger partial charge in [0, 0.05) is 17.8 Å². The zero-order valence-electron chi connectivity index (χ0n) is 29.0. The Morgan fingerprint density at radius 1 is 1.04 bits per heavy atom. The maximum Gasteiger partial charge on any atom is 0.416 e. The average molecular weight is 700 g/mol. The van der Waals surface area contributed by atoms with E-state index < -0.39 is 65.2 Å². The Labute approximate surface area is 288 Å². The number of carbonyl (C=O) groups is 2. The lowest BCUT2D eigenvalue weighted by Crippen LogP contribution is -2.41. The maximum atomic E-state index is 16.1. The highest BCUT2D eigenvalue weighted by atomic mass is 19.4. The highest BCUT2D eigenvalue weighted by molar-refractivity contribution is 5.82. The number of likely N-dealkylation sites (tertiary alicyclic amines) is 1. The van der Waals surface area contributed by atoms with Gasteiger partial charge in [-0.3, -0.25) is 14.4 Å². The summed E-state index contributed by atoms with van der Waals surface area (Å²) in [7, 11) is 1.87. The Morgan fingerprint density at radius 3 is 2.20 bits per heavy atom. The van der Waals surface area contributed by atoms with Crippen molar-refractivity contribution in [3.8, 4) is 23.0 Å². The molecule has 2 heterocycles. The number of rotatable bonds is 10. The molecule has 1 saturated heterocycles. The summed E-state index contributed by atoms with van der Waals surface area (Å²) in [5.41, 5.74) is -0.386. The molecule has 2 atom stereocenters. The quantitative estimate of drug-likeness (QED) is 0.169. The zero-order valence-corrected chi connectivity index (χ0v) is 29.0. The topological polar surface area (TPSA) is 91.6 Å². The molecule has 0 spiro atoms. The van der Waals surface area contributed by atoms with Crippen LogP contribution in [0.1, 0.15) is 97.8 Å². The van der Waals surface area contributed by atoms with E-state index in [1.807, 2.05) is 11.9 Å². The number of aliphatic carboxylic acids is 1. The molecule has 1 amide bonds. The number of alkyl halides is 3. The molecule has 12 heteroatoms. The van der Waals surface area contributed by atoms with Crippen molar-refractivity contribution in [3.63, 3.8) is 0 Å². The Hall–Kier alpha value is -4.50. The Balaban J connectivity index is 1.86. The number of halogens is 5. The summed E-state index contributed by atoms with van der Waals surface area (Å²) in [6, 6.07) is 3.19. The van der Waals surface area contributed by atoms with Crippen LogP contribution in [0.15, 0.2) is 41.3 Å². The lowest BCUT2D eigenvalue weighted by Gasteiger charge is -2.32. The molecule has 1 fully saturated rings. The maximum absolute atomic E-state index is 16.1. The summed E-state index contributed by atoms with van der Waals surface area (Å²) in [6.45, 7) is 9.50. The predicted molar refractivity (Wildman–Crippen MR) is 181 cm³/mol. The van der Waals surface area contributed by atoms with Gasteiger partial charge in [0.15, 0.2) is 0 Å². The van der Waals surface area contributed by atoms with Crippen molar-refractivity contribution in [1.29, 1.82) is 0 Å². The van der Waals surface area contributed by atoms with Gasteiger partial charge in [0.2, 0.25) is 5.91 Å². The molecule has 1 aliphatic heterocycles. The first kappa shape index (κ1) is 38.3. The molecule has 2 aromatic carbocycles. The minimum Gasteiger partial charge on any atom is -0.481 e. The van der Waals surface area contributed by atoms with Crippen LogP contribution in [0.25, 0.3) is 11.1 Å². The molecule has 0 bridgehead atoms. The number of amides is 1. The normalized spacial score (nSPS) is 15.4. The molecule has 50 heavy (non-hydrogen) atoms. The van der Waals surface area contributed by atoms with Crippen molar-refractivity contribution in [2.45, 2.75) is 84.5 Å². The van der Waals surface area contributed by atoms with Gasteiger partial charge in [0.05, 0.1) is 23.6 Å². The largest absolute Gasteiger partial charge is 0.481 e. The number of benzene rings is 2. The molecule has 0 aliphatic carbocycles. The zero-order chi connectivity index (χ0) is 37.1. The number of aromatic nitrogens is 1. The van der Waals surface area contributed by atoms with Crippen molar-refractivity contribution < 1.29 is 36.6 Å². The van der Waals surface area contributed by atoms with Crippen LogP contribution in [0.5, 0.6) is 0 Å². The summed E-state index contributed by atoms with van der Waals surface area (Å²) in [5.74, 6) is 1.02. The summed E-state index contributed by atoms with van der Waals surface area (Å²) < 4.78 is 74.0. The van der Waals surface area contributed by atoms with Crippen molar-refractivity contribution in [3.05, 3.63) is 91.9 Å². The lowest BCUT2D eigenvalue weighted by atomic mass is 9.87. The highest BCUT2D eigenvalue weighted by Gasteiger charge is 2.38. The second-order valence-corrected chi connectivity index (χ2v) is 13.5. The molecule has 0 unspecified atom stereocenters. The van der Waals surface area contributed by atoms with Gasteiger partial charge in [-0.2, -0.15) is 13.2 Å². The van der Waals surface area contributed by atoms with Gasteiger partial charge in [-0.25, -0.2) is 8.78 Å². The summed E-state index contributed by atoms with van der Waals surface area (Å²) in [5, 5.41) is 12.5. The average Bonchev–Trinajstić information content (AvgIpc) is 3.00. The predicted octanol–water partition coefficient (Wildman–Crippen LogP) is 7.53. The number of carboxylic acids is 1. The van der Waals surface area contributed by atoms with Gasteiger partial charge < -0.3 is 19.9 Å². The summed E-state index contributed by atoms with van der Waals surface area (Å²) in [4.78, 5) is 41.6. The standard InChI is InChI=1S/C38H42F5N3O4/c1-7-8-25-16-26(35-22(4)14-27(39)15-23(35)5)17-28(36(25)40)31(19-34(48)49)44-37(50)32(13-21(2)3)46-20-29(24-9-11-45(6)12-10-24)30(18-33(46)47)38(41,42)43/h14-18,20-21,24,31-32H,9-13,19H2,1-6H3,(H,44,50)(H,48,49)/t31-,32+/m0/s1. The monoisotopic (exact) mass is 699 g/mol. The highest BCUT2D eigenvalue weighted by Crippen LogP contribution is 2.39. The van der Waals surface area contributed by atoms with E-state index in [9.17, 15) is 37.1 Å². The van der Waals surface area contributed by atoms with E-state index in [0.717, 1.165) is 10.8 Å². The second-order valence-electron chi connectivity index (χ2n) is 13.5. The third kappa shape index (κ3) is 8.80. The minimum absolute atomic E-state index is 0.0206. The number of aryl methyl sites for hydroxylation is 2. The van der Waals surface area contributed by atoms with Gasteiger partial charge in [-0.05, 0) is 124 Å². The molecular weight excluding hydrogens is 657 g/mol. The van der Waals surface area contributed by atoms with Crippen LogP contribution in [0.3, 0.4) is 0 Å².